The lowest BCUT2D eigenvalue weighted by molar-refractivity contribution is 0.0147. The van der Waals surface area contributed by atoms with Crippen LogP contribution in [0, 0.1) is 0 Å². The van der Waals surface area contributed by atoms with E-state index in [9.17, 15) is 0 Å². The zero-order valence-corrected chi connectivity index (χ0v) is 12.1. The van der Waals surface area contributed by atoms with E-state index in [1.165, 1.54) is 11.1 Å². The highest BCUT2D eigenvalue weighted by Crippen LogP contribution is 2.37. The van der Waals surface area contributed by atoms with Gasteiger partial charge in [-0.25, -0.2) is 5.43 Å². The molecule has 110 valence electrons. The molecule has 0 saturated heterocycles. The topological polar surface area (TPSA) is 56.5 Å². The number of ether oxygens (including phenoxy) is 2. The van der Waals surface area contributed by atoms with Gasteiger partial charge < -0.3 is 9.47 Å². The number of hydrazine groups is 1. The highest BCUT2D eigenvalue weighted by Gasteiger charge is 2.29. The van der Waals surface area contributed by atoms with Crippen LogP contribution in [0.3, 0.4) is 0 Å². The van der Waals surface area contributed by atoms with E-state index in [1.807, 2.05) is 30.3 Å². The lowest BCUT2D eigenvalue weighted by Crippen LogP contribution is -2.35. The van der Waals surface area contributed by atoms with Crippen LogP contribution in [0.1, 0.15) is 28.8 Å². The number of rotatable bonds is 4. The smallest absolute Gasteiger partial charge is 0.119 e. The molecule has 2 aromatic carbocycles. The van der Waals surface area contributed by atoms with Crippen LogP contribution < -0.4 is 16.0 Å². The van der Waals surface area contributed by atoms with Crippen molar-refractivity contribution >= 4 is 0 Å². The second-order valence-electron chi connectivity index (χ2n) is 5.16. The maximum Gasteiger partial charge on any atom is 0.119 e. The molecule has 0 fully saturated rings. The van der Waals surface area contributed by atoms with Gasteiger partial charge in [0, 0.05) is 0 Å². The Bertz CT molecular complexity index is 615. The zero-order chi connectivity index (χ0) is 14.7. The lowest BCUT2D eigenvalue weighted by atomic mass is 9.90. The summed E-state index contributed by atoms with van der Waals surface area (Å²) in [6.45, 7) is 0.712. The van der Waals surface area contributed by atoms with Crippen molar-refractivity contribution < 1.29 is 9.47 Å². The molecule has 0 spiro atoms. The molecule has 1 aliphatic heterocycles. The Hall–Kier alpha value is -1.88. The number of nitrogens with one attached hydrogen (secondary N) is 1. The van der Waals surface area contributed by atoms with E-state index in [0.717, 1.165) is 17.7 Å². The molecule has 0 saturated carbocycles. The standard InChI is InChI=1S/C17H20N2O2/c1-20-14-7-4-6-13(11-14)16(19-18)17-15-8-3-2-5-12(15)9-10-21-17/h2-8,11,16-17,19H,9-10,18H2,1H3. The molecule has 3 N–H and O–H groups in total. The monoisotopic (exact) mass is 284 g/mol. The van der Waals surface area contributed by atoms with Crippen molar-refractivity contribution in [2.45, 2.75) is 18.6 Å². The first-order valence-electron chi connectivity index (χ1n) is 7.13. The Kier molecular flexibility index (Phi) is 4.20. The molecule has 0 aliphatic carbocycles. The van der Waals surface area contributed by atoms with E-state index in [1.54, 1.807) is 7.11 Å². The van der Waals surface area contributed by atoms with Crippen LogP contribution in [0.5, 0.6) is 5.75 Å². The Morgan fingerprint density at radius 1 is 1.24 bits per heavy atom. The number of nitrogens with two attached hydrogens (primary N) is 1. The van der Waals surface area contributed by atoms with Gasteiger partial charge in [0.1, 0.15) is 11.9 Å². The second-order valence-corrected chi connectivity index (χ2v) is 5.16. The molecule has 4 heteroatoms. The minimum atomic E-state index is -0.110. The van der Waals surface area contributed by atoms with E-state index in [2.05, 4.69) is 23.6 Å². The molecule has 0 amide bonds. The minimum Gasteiger partial charge on any atom is -0.497 e. The molecule has 0 aromatic heterocycles. The molecule has 0 bridgehead atoms. The van der Waals surface area contributed by atoms with Crippen LogP contribution in [-0.4, -0.2) is 13.7 Å². The fraction of sp³-hybridized carbons (Fsp3) is 0.294. The molecule has 0 radical (unpaired) electrons. The lowest BCUT2D eigenvalue weighted by Gasteiger charge is -2.32. The molecule has 1 aliphatic rings. The third-order valence-electron chi connectivity index (χ3n) is 3.97. The predicted octanol–water partition coefficient (Wildman–Crippen LogP) is 2.51. The Balaban J connectivity index is 1.97. The van der Waals surface area contributed by atoms with Crippen LogP contribution in [0.2, 0.25) is 0 Å². The van der Waals surface area contributed by atoms with Crippen molar-refractivity contribution in [3.05, 3.63) is 65.2 Å². The fourth-order valence-electron chi connectivity index (χ4n) is 2.89. The molecule has 3 rings (SSSR count). The van der Waals surface area contributed by atoms with Gasteiger partial charge in [0.15, 0.2) is 0 Å². The quantitative estimate of drug-likeness (QED) is 0.669. The molecular formula is C17H20N2O2. The summed E-state index contributed by atoms with van der Waals surface area (Å²) in [5.74, 6) is 6.63. The summed E-state index contributed by atoms with van der Waals surface area (Å²) < 4.78 is 11.3. The largest absolute Gasteiger partial charge is 0.497 e. The number of fused-ring (bicyclic) bond motifs is 1. The summed E-state index contributed by atoms with van der Waals surface area (Å²) in [5.41, 5.74) is 6.49. The van der Waals surface area contributed by atoms with Gasteiger partial charge in [-0.1, -0.05) is 36.4 Å². The van der Waals surface area contributed by atoms with Crippen molar-refractivity contribution in [2.75, 3.05) is 13.7 Å². The SMILES string of the molecule is COc1cccc(C(NN)C2OCCc3ccccc32)c1. The average molecular weight is 284 g/mol. The highest BCUT2D eigenvalue weighted by atomic mass is 16.5. The van der Waals surface area contributed by atoms with Gasteiger partial charge in [0.25, 0.3) is 0 Å². The van der Waals surface area contributed by atoms with Gasteiger partial charge in [-0.3, -0.25) is 5.84 Å². The minimum absolute atomic E-state index is 0.0907. The molecule has 2 atom stereocenters. The normalized spacial score (nSPS) is 18.9. The van der Waals surface area contributed by atoms with Gasteiger partial charge in [0.2, 0.25) is 0 Å². The van der Waals surface area contributed by atoms with Crippen LogP contribution in [0.15, 0.2) is 48.5 Å². The maximum absolute atomic E-state index is 6.00. The highest BCUT2D eigenvalue weighted by molar-refractivity contribution is 5.36. The first-order chi connectivity index (χ1) is 10.3. The van der Waals surface area contributed by atoms with Crippen LogP contribution in [0.4, 0.5) is 0 Å². The summed E-state index contributed by atoms with van der Waals surface area (Å²) in [6, 6.07) is 16.2. The number of hydrogen-bond donors (Lipinski definition) is 2. The second kappa shape index (κ2) is 6.26. The summed E-state index contributed by atoms with van der Waals surface area (Å²) in [7, 11) is 1.66. The van der Waals surface area contributed by atoms with Crippen molar-refractivity contribution in [1.82, 2.24) is 5.43 Å². The number of hydrogen-bond acceptors (Lipinski definition) is 4. The molecule has 4 nitrogen and oxygen atoms in total. The average Bonchev–Trinajstić information content (AvgIpc) is 2.56. The first kappa shape index (κ1) is 14.1. The van der Waals surface area contributed by atoms with E-state index in [4.69, 9.17) is 15.3 Å². The van der Waals surface area contributed by atoms with Crippen molar-refractivity contribution in [2.24, 2.45) is 5.84 Å². The first-order valence-corrected chi connectivity index (χ1v) is 7.13. The summed E-state index contributed by atoms with van der Waals surface area (Å²) in [6.07, 6.45) is 0.856. The van der Waals surface area contributed by atoms with E-state index in [-0.39, 0.29) is 12.1 Å². The van der Waals surface area contributed by atoms with Crippen LogP contribution >= 0.6 is 0 Å². The fourth-order valence-corrected chi connectivity index (χ4v) is 2.89. The molecule has 1 heterocycles. The third kappa shape index (κ3) is 2.78. The van der Waals surface area contributed by atoms with E-state index < -0.39 is 0 Å². The molecule has 21 heavy (non-hydrogen) atoms. The number of methoxy groups -OCH3 is 1. The number of benzene rings is 2. The van der Waals surface area contributed by atoms with Gasteiger partial charge in [0.05, 0.1) is 19.8 Å². The molecular weight excluding hydrogens is 264 g/mol. The van der Waals surface area contributed by atoms with Gasteiger partial charge in [-0.2, -0.15) is 0 Å². The third-order valence-corrected chi connectivity index (χ3v) is 3.97. The Labute approximate surface area is 124 Å². The van der Waals surface area contributed by atoms with Crippen molar-refractivity contribution in [3.63, 3.8) is 0 Å². The maximum atomic E-state index is 6.00. The van der Waals surface area contributed by atoms with E-state index >= 15 is 0 Å². The van der Waals surface area contributed by atoms with Gasteiger partial charge in [-0.05, 0) is 35.2 Å². The van der Waals surface area contributed by atoms with Gasteiger partial charge >= 0.3 is 0 Å². The van der Waals surface area contributed by atoms with Crippen LogP contribution in [-0.2, 0) is 11.2 Å². The van der Waals surface area contributed by atoms with Crippen molar-refractivity contribution in [3.8, 4) is 5.75 Å². The van der Waals surface area contributed by atoms with Gasteiger partial charge in [-0.15, -0.1) is 0 Å². The molecule has 2 aromatic rings. The Morgan fingerprint density at radius 3 is 2.90 bits per heavy atom. The van der Waals surface area contributed by atoms with E-state index in [0.29, 0.717) is 6.61 Å². The summed E-state index contributed by atoms with van der Waals surface area (Å²) in [5, 5.41) is 0. The summed E-state index contributed by atoms with van der Waals surface area (Å²) in [4.78, 5) is 0. The summed E-state index contributed by atoms with van der Waals surface area (Å²) >= 11 is 0. The van der Waals surface area contributed by atoms with Crippen LogP contribution in [0.25, 0.3) is 0 Å². The predicted molar refractivity (Wildman–Crippen MR) is 81.9 cm³/mol. The molecule has 2 unspecified atom stereocenters. The van der Waals surface area contributed by atoms with Crippen molar-refractivity contribution in [1.29, 1.82) is 0 Å². The Morgan fingerprint density at radius 2 is 2.10 bits per heavy atom. The zero-order valence-electron chi connectivity index (χ0n) is 12.1.